The summed E-state index contributed by atoms with van der Waals surface area (Å²) < 4.78 is 15.1. The highest BCUT2D eigenvalue weighted by atomic mass is 127. The Hall–Kier alpha value is -1.56. The summed E-state index contributed by atoms with van der Waals surface area (Å²) in [4.78, 5) is 4.98. The highest BCUT2D eigenvalue weighted by Gasteiger charge is 2.20. The first kappa shape index (κ1) is 13.4. The Morgan fingerprint density at radius 3 is 2.75 bits per heavy atom. The molecule has 0 aliphatic heterocycles. The first-order valence-corrected chi connectivity index (χ1v) is 7.93. The van der Waals surface area contributed by atoms with Gasteiger partial charge in [0.05, 0.1) is 11.8 Å². The zero-order valence-electron chi connectivity index (χ0n) is 10.2. The zero-order valence-corrected chi connectivity index (χ0v) is 13.1. The second-order valence-electron chi connectivity index (χ2n) is 4.07. The summed E-state index contributed by atoms with van der Waals surface area (Å²) in [7, 11) is 0. The number of nitrogens with zero attached hydrogens (tertiary/aromatic N) is 3. The number of aromatic nitrogens is 2. The van der Waals surface area contributed by atoms with Gasteiger partial charge in [0.2, 0.25) is 0 Å². The lowest BCUT2D eigenvalue weighted by atomic mass is 10.2. The summed E-state index contributed by atoms with van der Waals surface area (Å²) in [5, 5.41) is 9.76. The van der Waals surface area contributed by atoms with Crippen molar-refractivity contribution in [2.24, 2.45) is 0 Å². The van der Waals surface area contributed by atoms with Gasteiger partial charge in [-0.1, -0.05) is 18.2 Å². The van der Waals surface area contributed by atoms with E-state index in [0.29, 0.717) is 16.1 Å². The maximum atomic E-state index is 12.6. The molecule has 0 fully saturated rings. The summed E-state index contributed by atoms with van der Waals surface area (Å²) in [6.07, 6.45) is 3.29. The van der Waals surface area contributed by atoms with Gasteiger partial charge in [0.1, 0.15) is 17.4 Å². The summed E-state index contributed by atoms with van der Waals surface area (Å²) in [6.45, 7) is 0. The third kappa shape index (κ3) is 2.28. The molecule has 0 saturated heterocycles. The van der Waals surface area contributed by atoms with Crippen LogP contribution in [0.5, 0.6) is 0 Å². The molecule has 0 aliphatic carbocycles. The van der Waals surface area contributed by atoms with Crippen LogP contribution in [0.4, 0.5) is 0 Å². The minimum atomic E-state index is -1.34. The average Bonchev–Trinajstić information content (AvgIpc) is 2.84. The van der Waals surface area contributed by atoms with Gasteiger partial charge in [0, 0.05) is 15.2 Å². The van der Waals surface area contributed by atoms with Gasteiger partial charge in [-0.15, -0.1) is 3.97 Å². The van der Waals surface area contributed by atoms with Crippen molar-refractivity contribution in [3.05, 3.63) is 57.9 Å². The van der Waals surface area contributed by atoms with Gasteiger partial charge in [-0.05, 0) is 40.8 Å². The van der Waals surface area contributed by atoms with Gasteiger partial charge in [-0.25, -0.2) is 4.98 Å². The van der Waals surface area contributed by atoms with Crippen LogP contribution in [0.1, 0.15) is 5.56 Å². The molecule has 98 valence electrons. The summed E-state index contributed by atoms with van der Waals surface area (Å²) >= 11 is 0.817. The van der Waals surface area contributed by atoms with Crippen molar-refractivity contribution in [2.45, 2.75) is 4.90 Å². The second-order valence-corrected chi connectivity index (χ2v) is 6.60. The fraction of sp³-hybridized carbons (Fsp3) is 0. The van der Waals surface area contributed by atoms with Gasteiger partial charge in [0.15, 0.2) is 10.5 Å². The normalized spacial score (nSPS) is 12.2. The lowest BCUT2D eigenvalue weighted by Gasteiger charge is -2.10. The van der Waals surface area contributed by atoms with Crippen LogP contribution in [-0.4, -0.2) is 13.5 Å². The van der Waals surface area contributed by atoms with E-state index in [0.717, 1.165) is 8.96 Å². The Balaban J connectivity index is 2.16. The molecule has 0 aliphatic rings. The molecule has 1 atom stereocenters. The first-order chi connectivity index (χ1) is 9.70. The van der Waals surface area contributed by atoms with E-state index in [1.165, 1.54) is 6.20 Å². The zero-order chi connectivity index (χ0) is 14.1. The van der Waals surface area contributed by atoms with Crippen LogP contribution in [0.3, 0.4) is 0 Å². The average molecular weight is 393 g/mol. The fourth-order valence-electron chi connectivity index (χ4n) is 1.88. The molecule has 3 rings (SSSR count). The van der Waals surface area contributed by atoms with Crippen LogP contribution in [-0.2, 0) is 11.4 Å². The van der Waals surface area contributed by atoms with Crippen molar-refractivity contribution in [1.29, 1.82) is 5.26 Å². The monoisotopic (exact) mass is 393 g/mol. The summed E-state index contributed by atoms with van der Waals surface area (Å²) in [6, 6.07) is 13.1. The molecule has 0 saturated carbocycles. The lowest BCUT2D eigenvalue weighted by Crippen LogP contribution is -2.12. The summed E-state index contributed by atoms with van der Waals surface area (Å²) in [5.74, 6) is 0. The smallest absolute Gasteiger partial charge is 0.187 e. The minimum Gasteiger partial charge on any atom is -0.587 e. The van der Waals surface area contributed by atoms with E-state index in [9.17, 15) is 4.55 Å². The molecule has 3 aromatic rings. The van der Waals surface area contributed by atoms with Crippen molar-refractivity contribution < 1.29 is 4.55 Å². The van der Waals surface area contributed by atoms with E-state index < -0.39 is 11.4 Å². The maximum absolute atomic E-state index is 12.6. The number of nitriles is 1. The number of rotatable bonds is 2. The molecule has 4 nitrogen and oxygen atoms in total. The number of pyridine rings is 1. The number of fused-ring (bicyclic) bond motifs is 1. The van der Waals surface area contributed by atoms with Crippen LogP contribution in [0, 0.1) is 14.9 Å². The number of hydrogen-bond acceptors (Lipinski definition) is 3. The SMILES string of the molecule is N#Cc1cnc2c(c1)c(I)cn2[S+]([O-])c1ccccc1. The van der Waals surface area contributed by atoms with Crippen LogP contribution in [0.15, 0.2) is 53.7 Å². The van der Waals surface area contributed by atoms with E-state index in [1.54, 1.807) is 16.2 Å². The molecule has 0 N–H and O–H groups in total. The molecule has 20 heavy (non-hydrogen) atoms. The maximum Gasteiger partial charge on any atom is 0.187 e. The second kappa shape index (κ2) is 5.44. The molecule has 2 aromatic heterocycles. The largest absolute Gasteiger partial charge is 0.587 e. The molecular weight excluding hydrogens is 385 g/mol. The Kier molecular flexibility index (Phi) is 3.65. The van der Waals surface area contributed by atoms with Crippen LogP contribution >= 0.6 is 22.6 Å². The quantitative estimate of drug-likeness (QED) is 0.497. The van der Waals surface area contributed by atoms with E-state index >= 15 is 0 Å². The molecule has 2 heterocycles. The molecule has 1 aromatic carbocycles. The van der Waals surface area contributed by atoms with Crippen molar-refractivity contribution in [1.82, 2.24) is 8.96 Å². The van der Waals surface area contributed by atoms with Crippen LogP contribution in [0.2, 0.25) is 0 Å². The van der Waals surface area contributed by atoms with Crippen molar-refractivity contribution in [3.63, 3.8) is 0 Å². The van der Waals surface area contributed by atoms with Gasteiger partial charge in [0.25, 0.3) is 0 Å². The predicted molar refractivity (Wildman–Crippen MR) is 85.4 cm³/mol. The van der Waals surface area contributed by atoms with E-state index in [4.69, 9.17) is 5.26 Å². The minimum absolute atomic E-state index is 0.499. The highest BCUT2D eigenvalue weighted by Crippen LogP contribution is 2.26. The molecule has 0 amide bonds. The van der Waals surface area contributed by atoms with Gasteiger partial charge in [-0.3, -0.25) is 0 Å². The van der Waals surface area contributed by atoms with Crippen molar-refractivity contribution >= 4 is 45.0 Å². The number of hydrogen-bond donors (Lipinski definition) is 0. The Morgan fingerprint density at radius 1 is 1.30 bits per heavy atom. The third-order valence-electron chi connectivity index (χ3n) is 2.82. The standard InChI is InChI=1S/C14H8IN3OS/c15-13-9-18(20(19)11-4-2-1-3-5-11)14-12(13)6-10(7-16)8-17-14/h1-6,8-9H. The Bertz CT molecular complexity index is 810. The lowest BCUT2D eigenvalue weighted by molar-refractivity contribution is 0.587. The van der Waals surface area contributed by atoms with E-state index in [1.807, 2.05) is 30.3 Å². The first-order valence-electron chi connectivity index (χ1n) is 5.74. The van der Waals surface area contributed by atoms with Crippen molar-refractivity contribution in [3.8, 4) is 6.07 Å². The third-order valence-corrected chi connectivity index (χ3v) is 4.99. The van der Waals surface area contributed by atoms with Gasteiger partial charge in [-0.2, -0.15) is 5.26 Å². The Labute approximate surface area is 132 Å². The molecule has 1 unspecified atom stereocenters. The summed E-state index contributed by atoms with van der Waals surface area (Å²) in [5.41, 5.74) is 1.12. The number of halogens is 1. The molecule has 0 bridgehead atoms. The molecule has 6 heteroatoms. The predicted octanol–water partition coefficient (Wildman–Crippen LogP) is 3.08. The number of benzene rings is 1. The topological polar surface area (TPSA) is 64.7 Å². The molecule has 0 radical (unpaired) electrons. The fourth-order valence-corrected chi connectivity index (χ4v) is 3.87. The van der Waals surface area contributed by atoms with Gasteiger partial charge >= 0.3 is 0 Å². The van der Waals surface area contributed by atoms with Crippen molar-refractivity contribution in [2.75, 3.05) is 0 Å². The molecule has 0 spiro atoms. The van der Waals surface area contributed by atoms with E-state index in [-0.39, 0.29) is 0 Å². The molecular formula is C14H8IN3OS. The Morgan fingerprint density at radius 2 is 2.05 bits per heavy atom. The highest BCUT2D eigenvalue weighted by molar-refractivity contribution is 14.1. The van der Waals surface area contributed by atoms with E-state index in [2.05, 4.69) is 33.6 Å². The van der Waals surface area contributed by atoms with Crippen LogP contribution in [0.25, 0.3) is 11.0 Å². The van der Waals surface area contributed by atoms with Crippen LogP contribution < -0.4 is 0 Å². The van der Waals surface area contributed by atoms with Gasteiger partial charge < -0.3 is 4.55 Å².